The van der Waals surface area contributed by atoms with Crippen molar-refractivity contribution in [3.05, 3.63) is 18.0 Å². The number of alkyl halides is 1. The number of rotatable bonds is 5. The summed E-state index contributed by atoms with van der Waals surface area (Å²) in [4.78, 5) is 2.27. The van der Waals surface area contributed by atoms with E-state index in [1.54, 1.807) is 0 Å². The van der Waals surface area contributed by atoms with Gasteiger partial charge in [0.2, 0.25) is 0 Å². The Kier molecular flexibility index (Phi) is 5.19. The van der Waals surface area contributed by atoms with Gasteiger partial charge in [-0.3, -0.25) is 9.58 Å². The number of nitrogens with zero attached hydrogens (tertiary/aromatic N) is 3. The van der Waals surface area contributed by atoms with Crippen LogP contribution in [0.2, 0.25) is 0 Å². The van der Waals surface area contributed by atoms with Crippen molar-refractivity contribution in [2.24, 2.45) is 7.05 Å². The Balaban J connectivity index is 1.52. The minimum atomic E-state index is -0.686. The monoisotopic (exact) mass is 312 g/mol. The Morgan fingerprint density at radius 2 is 2.43 bits per heavy atom. The predicted molar refractivity (Wildman–Crippen MR) is 85.3 cm³/mol. The van der Waals surface area contributed by atoms with Gasteiger partial charge >= 0.3 is 0 Å². The first kappa shape index (κ1) is 15.3. The minimum Gasteiger partial charge on any atom is -0.312 e. The number of halogens is 1. The largest absolute Gasteiger partial charge is 0.312 e. The molecule has 118 valence electrons. The highest BCUT2D eigenvalue weighted by atomic mass is 32.2. The van der Waals surface area contributed by atoms with E-state index in [0.717, 1.165) is 13.1 Å². The lowest BCUT2D eigenvalue weighted by Crippen LogP contribution is -2.43. The highest BCUT2D eigenvalue weighted by Gasteiger charge is 2.32. The summed E-state index contributed by atoms with van der Waals surface area (Å²) < 4.78 is 15.6. The molecule has 0 radical (unpaired) electrons. The highest BCUT2D eigenvalue weighted by Crippen LogP contribution is 2.23. The van der Waals surface area contributed by atoms with Crippen molar-refractivity contribution in [1.29, 1.82) is 0 Å². The average molecular weight is 312 g/mol. The van der Waals surface area contributed by atoms with E-state index in [1.807, 2.05) is 35.9 Å². The third-order valence-electron chi connectivity index (χ3n) is 4.42. The van der Waals surface area contributed by atoms with Gasteiger partial charge in [-0.25, -0.2) is 4.39 Å². The number of likely N-dealkylation sites (tertiary alicyclic amines) is 1. The molecule has 21 heavy (non-hydrogen) atoms. The van der Waals surface area contributed by atoms with Crippen molar-refractivity contribution < 1.29 is 4.39 Å². The molecular formula is C15H25FN4S. The van der Waals surface area contributed by atoms with Gasteiger partial charge in [0.25, 0.3) is 0 Å². The molecule has 3 atom stereocenters. The zero-order chi connectivity index (χ0) is 14.7. The van der Waals surface area contributed by atoms with E-state index in [9.17, 15) is 4.39 Å². The van der Waals surface area contributed by atoms with E-state index in [0.29, 0.717) is 25.0 Å². The number of nitrogens with one attached hydrogen (secondary N) is 1. The first-order chi connectivity index (χ1) is 10.2. The van der Waals surface area contributed by atoms with Gasteiger partial charge in [-0.1, -0.05) is 0 Å². The summed E-state index contributed by atoms with van der Waals surface area (Å²) in [5.41, 5.74) is 1.17. The lowest BCUT2D eigenvalue weighted by molar-refractivity contribution is 0.226. The predicted octanol–water partition coefficient (Wildman–Crippen LogP) is 1.82. The molecule has 2 saturated heterocycles. The summed E-state index contributed by atoms with van der Waals surface area (Å²) in [6.07, 6.45) is 6.45. The molecule has 3 rings (SSSR count). The van der Waals surface area contributed by atoms with Gasteiger partial charge in [0.05, 0.1) is 6.20 Å². The maximum Gasteiger partial charge on any atom is 0.114 e. The van der Waals surface area contributed by atoms with Crippen LogP contribution in [0.4, 0.5) is 4.39 Å². The quantitative estimate of drug-likeness (QED) is 0.899. The Morgan fingerprint density at radius 1 is 1.52 bits per heavy atom. The molecule has 0 aromatic carbocycles. The van der Waals surface area contributed by atoms with Crippen LogP contribution >= 0.6 is 11.8 Å². The molecule has 0 spiro atoms. The molecule has 3 heterocycles. The molecular weight excluding hydrogens is 287 g/mol. The van der Waals surface area contributed by atoms with Gasteiger partial charge in [-0.15, -0.1) is 0 Å². The van der Waals surface area contributed by atoms with E-state index in [1.165, 1.54) is 29.9 Å². The van der Waals surface area contributed by atoms with Gasteiger partial charge in [0.15, 0.2) is 0 Å². The summed E-state index contributed by atoms with van der Waals surface area (Å²) in [6, 6.07) is 0.926. The van der Waals surface area contributed by atoms with Crippen LogP contribution in [-0.2, 0) is 13.6 Å². The standard InChI is InChI=1S/C15H25FN4S/c1-19-8-12(6-18-19)9-20-10-13(16)5-15(20)7-17-14-3-2-4-21-11-14/h6,8,13-15,17H,2-5,7,9-11H2,1H3/t13-,14?,15-/m0/s1. The third kappa shape index (κ3) is 4.20. The molecule has 6 heteroatoms. The Morgan fingerprint density at radius 3 is 3.14 bits per heavy atom. The zero-order valence-electron chi connectivity index (χ0n) is 12.7. The lowest BCUT2D eigenvalue weighted by atomic mass is 10.1. The molecule has 1 N–H and O–H groups in total. The molecule has 0 amide bonds. The molecule has 0 bridgehead atoms. The minimum absolute atomic E-state index is 0.312. The summed E-state index contributed by atoms with van der Waals surface area (Å²) >= 11 is 2.03. The van der Waals surface area contributed by atoms with Crippen molar-refractivity contribution in [2.45, 2.75) is 44.1 Å². The summed E-state index contributed by atoms with van der Waals surface area (Å²) in [7, 11) is 1.92. The molecule has 1 aromatic heterocycles. The van der Waals surface area contributed by atoms with Crippen LogP contribution in [0.3, 0.4) is 0 Å². The molecule has 0 aliphatic carbocycles. The fourth-order valence-electron chi connectivity index (χ4n) is 3.32. The molecule has 1 aromatic rings. The van der Waals surface area contributed by atoms with E-state index in [4.69, 9.17) is 0 Å². The van der Waals surface area contributed by atoms with Crippen LogP contribution < -0.4 is 5.32 Å². The number of hydrogen-bond donors (Lipinski definition) is 1. The smallest absolute Gasteiger partial charge is 0.114 e. The van der Waals surface area contributed by atoms with Crippen LogP contribution in [-0.4, -0.2) is 57.5 Å². The summed E-state index contributed by atoms with van der Waals surface area (Å²) in [6.45, 7) is 2.27. The van der Waals surface area contributed by atoms with E-state index in [2.05, 4.69) is 15.3 Å². The Bertz CT molecular complexity index is 447. The summed E-state index contributed by atoms with van der Waals surface area (Å²) in [5, 5.41) is 7.86. The van der Waals surface area contributed by atoms with Gasteiger partial charge < -0.3 is 5.32 Å². The Hall–Kier alpha value is -0.590. The normalized spacial score (nSPS) is 30.9. The van der Waals surface area contributed by atoms with Crippen LogP contribution in [0.1, 0.15) is 24.8 Å². The van der Waals surface area contributed by atoms with Gasteiger partial charge in [0, 0.05) is 56.3 Å². The molecule has 2 aliphatic heterocycles. The highest BCUT2D eigenvalue weighted by molar-refractivity contribution is 7.99. The lowest BCUT2D eigenvalue weighted by Gasteiger charge is -2.28. The fraction of sp³-hybridized carbons (Fsp3) is 0.800. The molecule has 4 nitrogen and oxygen atoms in total. The van der Waals surface area contributed by atoms with Crippen molar-refractivity contribution in [3.63, 3.8) is 0 Å². The molecule has 2 aliphatic rings. The van der Waals surface area contributed by atoms with Crippen molar-refractivity contribution in [1.82, 2.24) is 20.0 Å². The number of aryl methyl sites for hydroxylation is 1. The van der Waals surface area contributed by atoms with Gasteiger partial charge in [-0.05, 0) is 25.0 Å². The second-order valence-electron chi connectivity index (χ2n) is 6.26. The molecule has 0 saturated carbocycles. The van der Waals surface area contributed by atoms with Crippen molar-refractivity contribution >= 4 is 11.8 Å². The van der Waals surface area contributed by atoms with Crippen molar-refractivity contribution in [2.75, 3.05) is 24.6 Å². The van der Waals surface area contributed by atoms with E-state index in [-0.39, 0.29) is 0 Å². The molecule has 1 unspecified atom stereocenters. The van der Waals surface area contributed by atoms with Crippen LogP contribution in [0, 0.1) is 0 Å². The van der Waals surface area contributed by atoms with Crippen LogP contribution in [0.25, 0.3) is 0 Å². The second kappa shape index (κ2) is 7.11. The summed E-state index contributed by atoms with van der Waals surface area (Å²) in [5.74, 6) is 2.50. The number of hydrogen-bond acceptors (Lipinski definition) is 4. The Labute approximate surface area is 130 Å². The van der Waals surface area contributed by atoms with Gasteiger partial charge in [0.1, 0.15) is 6.17 Å². The number of thioether (sulfide) groups is 1. The van der Waals surface area contributed by atoms with Crippen LogP contribution in [0.5, 0.6) is 0 Å². The third-order valence-corrected chi connectivity index (χ3v) is 5.64. The van der Waals surface area contributed by atoms with Crippen molar-refractivity contribution in [3.8, 4) is 0 Å². The van der Waals surface area contributed by atoms with Crippen LogP contribution in [0.15, 0.2) is 12.4 Å². The first-order valence-corrected chi connectivity index (χ1v) is 9.03. The van der Waals surface area contributed by atoms with Gasteiger partial charge in [-0.2, -0.15) is 16.9 Å². The fourth-order valence-corrected chi connectivity index (χ4v) is 4.43. The van der Waals surface area contributed by atoms with E-state index >= 15 is 0 Å². The average Bonchev–Trinajstić information content (AvgIpc) is 3.04. The topological polar surface area (TPSA) is 33.1 Å². The van der Waals surface area contributed by atoms with E-state index < -0.39 is 6.17 Å². The second-order valence-corrected chi connectivity index (χ2v) is 7.41. The first-order valence-electron chi connectivity index (χ1n) is 7.87. The maximum atomic E-state index is 13.8. The zero-order valence-corrected chi connectivity index (χ0v) is 13.5. The number of aromatic nitrogens is 2. The SMILES string of the molecule is Cn1cc(CN2C[C@@H](F)C[C@H]2CNC2CCCSC2)cn1. The molecule has 2 fully saturated rings. The maximum absolute atomic E-state index is 13.8.